The van der Waals surface area contributed by atoms with Gasteiger partial charge in [-0.3, -0.25) is 14.9 Å². The highest BCUT2D eigenvalue weighted by Gasteiger charge is 2.18. The molecule has 0 bridgehead atoms. The molecule has 6 nitrogen and oxygen atoms in total. The van der Waals surface area contributed by atoms with Gasteiger partial charge in [0.1, 0.15) is 11.5 Å². The largest absolute Gasteiger partial charge is 0.481 e. The van der Waals surface area contributed by atoms with Crippen molar-refractivity contribution in [3.05, 3.63) is 32.5 Å². The van der Waals surface area contributed by atoms with Crippen LogP contribution in [0, 0.1) is 21.8 Å². The van der Waals surface area contributed by atoms with Gasteiger partial charge in [0.2, 0.25) is 0 Å². The predicted octanol–water partition coefficient (Wildman–Crippen LogP) is 3.02. The number of carboxylic acid groups (broad SMARTS) is 1. The van der Waals surface area contributed by atoms with Gasteiger partial charge in [-0.25, -0.2) is 4.39 Å². The molecule has 0 aromatic heterocycles. The number of nitro benzene ring substituents is 1. The molecular weight excluding hydrogens is 323 g/mol. The van der Waals surface area contributed by atoms with Crippen molar-refractivity contribution < 1.29 is 19.2 Å². The summed E-state index contributed by atoms with van der Waals surface area (Å²) < 4.78 is 13.4. The lowest BCUT2D eigenvalue weighted by molar-refractivity contribution is -0.384. The highest BCUT2D eigenvalue weighted by atomic mass is 79.9. The van der Waals surface area contributed by atoms with Crippen molar-refractivity contribution in [2.75, 3.05) is 11.9 Å². The molecule has 0 saturated carbocycles. The molecule has 1 unspecified atom stereocenters. The number of nitrogens with one attached hydrogen (secondary N) is 1. The Hall–Kier alpha value is -1.70. The second kappa shape index (κ2) is 6.46. The molecule has 0 saturated heterocycles. The molecule has 104 valence electrons. The van der Waals surface area contributed by atoms with Crippen LogP contribution in [-0.2, 0) is 4.79 Å². The van der Waals surface area contributed by atoms with Crippen molar-refractivity contribution in [1.82, 2.24) is 0 Å². The molecule has 0 fully saturated rings. The first-order valence-corrected chi connectivity index (χ1v) is 6.19. The zero-order valence-corrected chi connectivity index (χ0v) is 11.6. The highest BCUT2D eigenvalue weighted by Crippen LogP contribution is 2.30. The molecule has 8 heteroatoms. The first-order valence-electron chi connectivity index (χ1n) is 5.40. The van der Waals surface area contributed by atoms with E-state index in [1.54, 1.807) is 6.92 Å². The molecule has 0 aliphatic rings. The Labute approximate surface area is 116 Å². The first kappa shape index (κ1) is 15.4. The number of nitro groups is 1. The molecule has 1 rings (SSSR count). The number of anilines is 1. The van der Waals surface area contributed by atoms with Gasteiger partial charge in [0.05, 0.1) is 9.40 Å². The fourth-order valence-electron chi connectivity index (χ4n) is 1.48. The summed E-state index contributed by atoms with van der Waals surface area (Å²) in [7, 11) is 0. The Balaban J connectivity index is 2.85. The molecule has 0 radical (unpaired) electrons. The lowest BCUT2D eigenvalue weighted by Gasteiger charge is -2.12. The van der Waals surface area contributed by atoms with E-state index in [4.69, 9.17) is 5.11 Å². The van der Waals surface area contributed by atoms with Gasteiger partial charge in [-0.1, -0.05) is 6.92 Å². The lowest BCUT2D eigenvalue weighted by Crippen LogP contribution is -2.15. The normalized spacial score (nSPS) is 11.9. The van der Waals surface area contributed by atoms with Gasteiger partial charge in [0.15, 0.2) is 0 Å². The van der Waals surface area contributed by atoms with Crippen molar-refractivity contribution in [2.24, 2.45) is 5.92 Å². The maximum absolute atomic E-state index is 13.4. The van der Waals surface area contributed by atoms with Gasteiger partial charge < -0.3 is 10.4 Å². The van der Waals surface area contributed by atoms with Gasteiger partial charge in [-0.15, -0.1) is 0 Å². The molecule has 19 heavy (non-hydrogen) atoms. The smallest absolute Gasteiger partial charge is 0.303 e. The summed E-state index contributed by atoms with van der Waals surface area (Å²) in [4.78, 5) is 20.7. The fraction of sp³-hybridized carbons (Fsp3) is 0.364. The molecule has 1 atom stereocenters. The standard InChI is InChI=1S/C11H12BrFN2O4/c1-6(2-11(16)17)5-14-9-4-8(13)7(12)3-10(9)15(18)19/h3-4,6,14H,2,5H2,1H3,(H,16,17). The van der Waals surface area contributed by atoms with Crippen molar-refractivity contribution in [3.8, 4) is 0 Å². The monoisotopic (exact) mass is 334 g/mol. The number of benzene rings is 1. The molecule has 0 amide bonds. The zero-order chi connectivity index (χ0) is 14.6. The number of carboxylic acids is 1. The summed E-state index contributed by atoms with van der Waals surface area (Å²) in [6.07, 6.45) is -0.0696. The maximum atomic E-state index is 13.4. The Bertz CT molecular complexity index is 510. The number of halogens is 2. The van der Waals surface area contributed by atoms with Crippen LogP contribution in [0.25, 0.3) is 0 Å². The van der Waals surface area contributed by atoms with Crippen molar-refractivity contribution >= 4 is 33.3 Å². The van der Waals surface area contributed by atoms with E-state index in [9.17, 15) is 19.3 Å². The molecule has 1 aromatic rings. The van der Waals surface area contributed by atoms with E-state index in [-0.39, 0.29) is 34.7 Å². The number of rotatable bonds is 6. The number of nitrogens with zero attached hydrogens (tertiary/aromatic N) is 1. The van der Waals surface area contributed by atoms with Crippen LogP contribution < -0.4 is 5.32 Å². The molecular formula is C11H12BrFN2O4. The number of hydrogen-bond acceptors (Lipinski definition) is 4. The van der Waals surface area contributed by atoms with Gasteiger partial charge >= 0.3 is 5.97 Å². The van der Waals surface area contributed by atoms with Crippen LogP contribution >= 0.6 is 15.9 Å². The lowest BCUT2D eigenvalue weighted by atomic mass is 10.1. The topological polar surface area (TPSA) is 92.5 Å². The second-order valence-corrected chi connectivity index (χ2v) is 4.98. The van der Waals surface area contributed by atoms with E-state index in [1.807, 2.05) is 0 Å². The van der Waals surface area contributed by atoms with Crippen LogP contribution in [0.1, 0.15) is 13.3 Å². The Kier molecular flexibility index (Phi) is 5.22. The number of hydrogen-bond donors (Lipinski definition) is 2. The van der Waals surface area contributed by atoms with E-state index in [2.05, 4.69) is 21.2 Å². The SMILES string of the molecule is CC(CNc1cc(F)c(Br)cc1[N+](=O)[O-])CC(=O)O. The minimum absolute atomic E-state index is 0.00309. The molecule has 1 aromatic carbocycles. The summed E-state index contributed by atoms with van der Waals surface area (Å²) in [5.74, 6) is -1.81. The molecule has 0 aliphatic heterocycles. The van der Waals surface area contributed by atoms with Gasteiger partial charge in [0, 0.05) is 25.1 Å². The summed E-state index contributed by atoms with van der Waals surface area (Å²) in [5, 5.41) is 22.1. The van der Waals surface area contributed by atoms with E-state index in [0.29, 0.717) is 0 Å². The average Bonchev–Trinajstić information content (AvgIpc) is 2.29. The predicted molar refractivity (Wildman–Crippen MR) is 70.7 cm³/mol. The first-order chi connectivity index (χ1) is 8.81. The van der Waals surface area contributed by atoms with E-state index >= 15 is 0 Å². The van der Waals surface area contributed by atoms with Crippen LogP contribution in [0.5, 0.6) is 0 Å². The quantitative estimate of drug-likeness (QED) is 0.616. The third-order valence-corrected chi connectivity index (χ3v) is 3.01. The average molecular weight is 335 g/mol. The number of carbonyl (C=O) groups is 1. The summed E-state index contributed by atoms with van der Waals surface area (Å²) in [6, 6.07) is 2.08. The van der Waals surface area contributed by atoms with Gasteiger partial charge in [-0.05, 0) is 21.8 Å². The van der Waals surface area contributed by atoms with Gasteiger partial charge in [-0.2, -0.15) is 0 Å². The van der Waals surface area contributed by atoms with Crippen LogP contribution in [0.3, 0.4) is 0 Å². The summed E-state index contributed by atoms with van der Waals surface area (Å²) in [6.45, 7) is 1.89. The van der Waals surface area contributed by atoms with Crippen LogP contribution in [0.4, 0.5) is 15.8 Å². The Morgan fingerprint density at radius 3 is 2.79 bits per heavy atom. The second-order valence-electron chi connectivity index (χ2n) is 4.12. The third-order valence-electron chi connectivity index (χ3n) is 2.40. The van der Waals surface area contributed by atoms with Crippen LogP contribution in [-0.4, -0.2) is 22.5 Å². The Morgan fingerprint density at radius 2 is 2.26 bits per heavy atom. The van der Waals surface area contributed by atoms with Crippen molar-refractivity contribution in [2.45, 2.75) is 13.3 Å². The van der Waals surface area contributed by atoms with Crippen molar-refractivity contribution in [1.29, 1.82) is 0 Å². The van der Waals surface area contributed by atoms with E-state index in [0.717, 1.165) is 12.1 Å². The minimum atomic E-state index is -0.953. The molecule has 0 spiro atoms. The van der Waals surface area contributed by atoms with E-state index < -0.39 is 16.7 Å². The minimum Gasteiger partial charge on any atom is -0.481 e. The molecule has 0 heterocycles. The van der Waals surface area contributed by atoms with Gasteiger partial charge in [0.25, 0.3) is 5.69 Å². The highest BCUT2D eigenvalue weighted by molar-refractivity contribution is 9.10. The van der Waals surface area contributed by atoms with E-state index in [1.165, 1.54) is 0 Å². The molecule has 2 N–H and O–H groups in total. The summed E-state index contributed by atoms with van der Waals surface area (Å²) in [5.41, 5.74) is -0.237. The molecule has 0 aliphatic carbocycles. The summed E-state index contributed by atoms with van der Waals surface area (Å²) >= 11 is 2.88. The third kappa shape index (κ3) is 4.47. The Morgan fingerprint density at radius 1 is 1.63 bits per heavy atom. The van der Waals surface area contributed by atoms with Crippen LogP contribution in [0.15, 0.2) is 16.6 Å². The van der Waals surface area contributed by atoms with Crippen LogP contribution in [0.2, 0.25) is 0 Å². The number of aliphatic carboxylic acids is 1. The fourth-order valence-corrected chi connectivity index (χ4v) is 1.81. The maximum Gasteiger partial charge on any atom is 0.303 e. The van der Waals surface area contributed by atoms with Crippen molar-refractivity contribution in [3.63, 3.8) is 0 Å². The zero-order valence-electron chi connectivity index (χ0n) is 10.0.